The van der Waals surface area contributed by atoms with Crippen LogP contribution in [0.1, 0.15) is 24.9 Å². The highest BCUT2D eigenvalue weighted by Crippen LogP contribution is 2.31. The lowest BCUT2D eigenvalue weighted by atomic mass is 9.92. The van der Waals surface area contributed by atoms with Crippen LogP contribution in [0.5, 0.6) is 0 Å². The fraction of sp³-hybridized carbons (Fsp3) is 0.292. The van der Waals surface area contributed by atoms with E-state index in [1.807, 2.05) is 48.8 Å². The highest BCUT2D eigenvalue weighted by Gasteiger charge is 2.32. The van der Waals surface area contributed by atoms with Crippen molar-refractivity contribution in [2.75, 3.05) is 13.1 Å². The summed E-state index contributed by atoms with van der Waals surface area (Å²) in [4.78, 5) is 33.4. The third-order valence-electron chi connectivity index (χ3n) is 6.27. The first-order valence-corrected chi connectivity index (χ1v) is 10.6. The number of nitrogens with one attached hydrogen (secondary N) is 2. The van der Waals surface area contributed by atoms with E-state index in [9.17, 15) is 9.59 Å². The van der Waals surface area contributed by atoms with Gasteiger partial charge in [0.25, 0.3) is 5.65 Å². The summed E-state index contributed by atoms with van der Waals surface area (Å²) in [7, 11) is 0. The SMILES string of the molecule is C[C@@H]1CCN(C(=O)OCc2ccccc2)C[C@@H]1n1ccc(=O)c2c[nH+]c3[nH]ccc3c21. The second-order valence-corrected chi connectivity index (χ2v) is 8.22. The molecule has 1 aromatic carbocycles. The van der Waals surface area contributed by atoms with Crippen LogP contribution in [-0.2, 0) is 11.3 Å². The molecule has 1 fully saturated rings. The molecule has 5 rings (SSSR count). The molecule has 2 atom stereocenters. The Labute approximate surface area is 179 Å². The van der Waals surface area contributed by atoms with Gasteiger partial charge in [0, 0.05) is 25.4 Å². The van der Waals surface area contributed by atoms with Crippen molar-refractivity contribution in [3.8, 4) is 0 Å². The van der Waals surface area contributed by atoms with Gasteiger partial charge in [-0.25, -0.2) is 14.8 Å². The molecular weight excluding hydrogens is 392 g/mol. The van der Waals surface area contributed by atoms with Crippen molar-refractivity contribution in [3.63, 3.8) is 0 Å². The van der Waals surface area contributed by atoms with Crippen molar-refractivity contribution in [1.29, 1.82) is 0 Å². The molecule has 0 spiro atoms. The molecule has 158 valence electrons. The van der Waals surface area contributed by atoms with Gasteiger partial charge in [0.2, 0.25) is 0 Å². The van der Waals surface area contributed by atoms with E-state index in [1.54, 1.807) is 17.2 Å². The van der Waals surface area contributed by atoms with Gasteiger partial charge in [-0.2, -0.15) is 0 Å². The lowest BCUT2D eigenvalue weighted by Crippen LogP contribution is -2.44. The lowest BCUT2D eigenvalue weighted by Gasteiger charge is -2.38. The maximum absolute atomic E-state index is 12.8. The molecule has 1 saturated heterocycles. The number of carbonyl (C=O) groups is 1. The van der Waals surface area contributed by atoms with Gasteiger partial charge >= 0.3 is 6.09 Å². The summed E-state index contributed by atoms with van der Waals surface area (Å²) < 4.78 is 7.72. The molecule has 0 bridgehead atoms. The molecule has 7 nitrogen and oxygen atoms in total. The van der Waals surface area contributed by atoms with Crippen molar-refractivity contribution >= 4 is 28.0 Å². The van der Waals surface area contributed by atoms with Crippen LogP contribution in [0.25, 0.3) is 21.9 Å². The standard InChI is InChI=1S/C24H24N4O3/c1-16-8-11-27(24(30)31-15-17-5-3-2-4-6-17)14-20(16)28-12-9-21(29)19-13-26-23-18(22(19)28)7-10-25-23/h2-7,9-10,12-13,16,20H,8,11,14-15H2,1H3,(H,25,26)/p+1/t16-,20+/m1/s1. The Hall–Kier alpha value is -3.61. The molecule has 4 heterocycles. The highest BCUT2D eigenvalue weighted by atomic mass is 16.6. The van der Waals surface area contributed by atoms with E-state index >= 15 is 0 Å². The van der Waals surface area contributed by atoms with Crippen LogP contribution < -0.4 is 10.4 Å². The number of H-pyrrole nitrogens is 2. The van der Waals surface area contributed by atoms with Gasteiger partial charge in [-0.3, -0.25) is 4.79 Å². The van der Waals surface area contributed by atoms with E-state index in [-0.39, 0.29) is 24.2 Å². The number of likely N-dealkylation sites (tertiary alicyclic amines) is 1. The number of nitrogens with zero attached hydrogens (tertiary/aromatic N) is 2. The first-order chi connectivity index (χ1) is 15.1. The molecule has 0 saturated carbocycles. The fourth-order valence-electron chi connectivity index (χ4n) is 4.49. The Kier molecular flexibility index (Phi) is 4.94. The van der Waals surface area contributed by atoms with Crippen LogP contribution in [-0.4, -0.2) is 33.6 Å². The van der Waals surface area contributed by atoms with Crippen molar-refractivity contribution in [2.45, 2.75) is 26.0 Å². The van der Waals surface area contributed by atoms with Gasteiger partial charge in [0.05, 0.1) is 28.5 Å². The molecule has 3 aromatic heterocycles. The quantitative estimate of drug-likeness (QED) is 0.554. The zero-order chi connectivity index (χ0) is 21.4. The average Bonchev–Trinajstić information content (AvgIpc) is 3.28. The number of hydrogen-bond donors (Lipinski definition) is 1. The molecule has 0 unspecified atom stereocenters. The van der Waals surface area contributed by atoms with Crippen molar-refractivity contribution in [2.24, 2.45) is 5.92 Å². The van der Waals surface area contributed by atoms with Crippen LogP contribution in [0.15, 0.2) is 65.8 Å². The monoisotopic (exact) mass is 417 g/mol. The minimum atomic E-state index is -0.300. The van der Waals surface area contributed by atoms with E-state index in [2.05, 4.69) is 21.5 Å². The first kappa shape index (κ1) is 19.4. The molecule has 1 amide bonds. The molecule has 1 aliphatic heterocycles. The smallest absolute Gasteiger partial charge is 0.410 e. The summed E-state index contributed by atoms with van der Waals surface area (Å²) in [5.74, 6) is 0.349. The number of aromatic amines is 2. The predicted octanol–water partition coefficient (Wildman–Crippen LogP) is 3.52. The summed E-state index contributed by atoms with van der Waals surface area (Å²) in [5, 5.41) is 1.61. The summed E-state index contributed by atoms with van der Waals surface area (Å²) in [6.07, 6.45) is 6.04. The normalized spacial score (nSPS) is 19.1. The lowest BCUT2D eigenvalue weighted by molar-refractivity contribution is -0.345. The predicted molar refractivity (Wildman–Crippen MR) is 118 cm³/mol. The Morgan fingerprint density at radius 2 is 2.03 bits per heavy atom. The topological polar surface area (TPSA) is 81.5 Å². The number of benzene rings is 1. The molecule has 1 aliphatic rings. The van der Waals surface area contributed by atoms with Crippen LogP contribution in [0, 0.1) is 5.92 Å². The number of hydrogen-bond acceptors (Lipinski definition) is 3. The number of rotatable bonds is 3. The van der Waals surface area contributed by atoms with Crippen LogP contribution in [0.3, 0.4) is 0 Å². The zero-order valence-electron chi connectivity index (χ0n) is 17.4. The Morgan fingerprint density at radius 3 is 2.87 bits per heavy atom. The highest BCUT2D eigenvalue weighted by molar-refractivity contribution is 6.00. The summed E-state index contributed by atoms with van der Waals surface area (Å²) in [5.41, 5.74) is 2.71. The number of piperidine rings is 1. The number of aromatic nitrogens is 3. The molecule has 0 aliphatic carbocycles. The molecular formula is C24H25N4O3+. The van der Waals surface area contributed by atoms with Gasteiger partial charge in [0.15, 0.2) is 5.43 Å². The van der Waals surface area contributed by atoms with Crippen molar-refractivity contribution < 1.29 is 14.5 Å². The van der Waals surface area contributed by atoms with Crippen molar-refractivity contribution in [3.05, 3.63) is 76.8 Å². The minimum absolute atomic E-state index is 0.0202. The number of pyridine rings is 2. The Bertz CT molecular complexity index is 1290. The Balaban J connectivity index is 1.45. The second-order valence-electron chi connectivity index (χ2n) is 8.22. The van der Waals surface area contributed by atoms with Gasteiger partial charge in [-0.05, 0) is 24.0 Å². The van der Waals surface area contributed by atoms with Gasteiger partial charge < -0.3 is 14.2 Å². The summed E-state index contributed by atoms with van der Waals surface area (Å²) in [6.45, 7) is 3.66. The second kappa shape index (κ2) is 7.91. The maximum Gasteiger partial charge on any atom is 0.410 e. The molecule has 31 heavy (non-hydrogen) atoms. The van der Waals surface area contributed by atoms with Crippen LogP contribution in [0.2, 0.25) is 0 Å². The molecule has 4 aromatic rings. The number of fused-ring (bicyclic) bond motifs is 3. The third kappa shape index (κ3) is 3.56. The van der Waals surface area contributed by atoms with Gasteiger partial charge in [0.1, 0.15) is 12.8 Å². The number of amides is 1. The minimum Gasteiger partial charge on any atom is -0.445 e. The van der Waals surface area contributed by atoms with Crippen LogP contribution >= 0.6 is 0 Å². The summed E-state index contributed by atoms with van der Waals surface area (Å²) >= 11 is 0. The molecule has 7 heteroatoms. The average molecular weight is 417 g/mol. The fourth-order valence-corrected chi connectivity index (χ4v) is 4.49. The summed E-state index contributed by atoms with van der Waals surface area (Å²) in [6, 6.07) is 13.3. The van der Waals surface area contributed by atoms with Crippen LogP contribution in [0.4, 0.5) is 4.79 Å². The van der Waals surface area contributed by atoms with E-state index in [4.69, 9.17) is 4.74 Å². The zero-order valence-corrected chi connectivity index (χ0v) is 17.4. The Morgan fingerprint density at radius 1 is 1.19 bits per heavy atom. The molecule has 2 N–H and O–H groups in total. The third-order valence-corrected chi connectivity index (χ3v) is 6.27. The van der Waals surface area contributed by atoms with E-state index in [0.29, 0.717) is 24.4 Å². The largest absolute Gasteiger partial charge is 0.445 e. The maximum atomic E-state index is 12.8. The van der Waals surface area contributed by atoms with E-state index < -0.39 is 0 Å². The molecule has 0 radical (unpaired) electrons. The van der Waals surface area contributed by atoms with E-state index in [1.165, 1.54) is 0 Å². The van der Waals surface area contributed by atoms with Gasteiger partial charge in [-0.1, -0.05) is 37.3 Å². The van der Waals surface area contributed by atoms with Crippen molar-refractivity contribution in [1.82, 2.24) is 14.5 Å². The number of carbonyl (C=O) groups excluding carboxylic acids is 1. The first-order valence-electron chi connectivity index (χ1n) is 10.6. The van der Waals surface area contributed by atoms with E-state index in [0.717, 1.165) is 28.5 Å². The van der Waals surface area contributed by atoms with Gasteiger partial charge in [-0.15, -0.1) is 0 Å². The number of ether oxygens (including phenoxy) is 1.